The number of carbonyl (C=O) groups is 1. The molecule has 5 heteroatoms. The molecule has 1 fully saturated rings. The van der Waals surface area contributed by atoms with Crippen molar-refractivity contribution in [2.75, 3.05) is 26.5 Å². The van der Waals surface area contributed by atoms with Crippen LogP contribution in [-0.2, 0) is 9.53 Å². The number of likely N-dealkylation sites (tertiary alicyclic amines) is 1. The fraction of sp³-hybridized carbons (Fsp3) is 0.889. The largest absolute Gasteiger partial charge is 0.378 e. The third kappa shape index (κ3) is 2.87. The monoisotopic (exact) mass is 218 g/mol. The van der Waals surface area contributed by atoms with E-state index >= 15 is 0 Å². The van der Waals surface area contributed by atoms with Gasteiger partial charge in [0.05, 0.1) is 6.10 Å². The van der Waals surface area contributed by atoms with Crippen molar-refractivity contribution >= 4 is 17.9 Å². The molecule has 0 aromatic heterocycles. The molecule has 1 rings (SSSR count). The molecule has 2 unspecified atom stereocenters. The van der Waals surface area contributed by atoms with Crippen LogP contribution in [0.25, 0.3) is 0 Å². The number of nitrogens with zero attached hydrogens (tertiary/aromatic N) is 1. The Morgan fingerprint density at radius 2 is 2.36 bits per heavy atom. The third-order valence-electron chi connectivity index (χ3n) is 2.58. The Bertz CT molecular complexity index is 201. The topological polar surface area (TPSA) is 41.6 Å². The van der Waals surface area contributed by atoms with Crippen LogP contribution in [0.15, 0.2) is 0 Å². The number of ether oxygens (including phenoxy) is 1. The van der Waals surface area contributed by atoms with Gasteiger partial charge in [0.15, 0.2) is 0 Å². The van der Waals surface area contributed by atoms with Crippen LogP contribution in [0, 0.1) is 0 Å². The molecular formula is C9H18N2O2S. The first-order valence-corrected chi connectivity index (χ1v) is 5.98. The van der Waals surface area contributed by atoms with E-state index in [2.05, 4.69) is 4.72 Å². The van der Waals surface area contributed by atoms with Crippen molar-refractivity contribution in [3.63, 3.8) is 0 Å². The Hall–Kier alpha value is -0.260. The summed E-state index contributed by atoms with van der Waals surface area (Å²) in [6, 6.07) is 0.352. The highest BCUT2D eigenvalue weighted by atomic mass is 32.2. The highest BCUT2D eigenvalue weighted by Crippen LogP contribution is 2.15. The summed E-state index contributed by atoms with van der Waals surface area (Å²) in [5.74, 6) is 0.134. The Morgan fingerprint density at radius 1 is 1.64 bits per heavy atom. The maximum Gasteiger partial charge on any atom is 0.219 e. The van der Waals surface area contributed by atoms with Crippen LogP contribution in [-0.4, -0.2) is 49.4 Å². The van der Waals surface area contributed by atoms with Crippen LogP contribution in [0.1, 0.15) is 13.3 Å². The van der Waals surface area contributed by atoms with Crippen molar-refractivity contribution in [2.45, 2.75) is 25.5 Å². The number of piperidine rings is 1. The predicted octanol–water partition coefficient (Wildman–Crippen LogP) is 0.490. The fourth-order valence-electron chi connectivity index (χ4n) is 1.73. The Morgan fingerprint density at radius 3 is 2.86 bits per heavy atom. The lowest BCUT2D eigenvalue weighted by Crippen LogP contribution is -2.53. The van der Waals surface area contributed by atoms with E-state index in [1.165, 1.54) is 0 Å². The van der Waals surface area contributed by atoms with E-state index in [1.54, 1.807) is 26.0 Å². The van der Waals surface area contributed by atoms with Crippen LogP contribution < -0.4 is 4.72 Å². The molecule has 82 valence electrons. The van der Waals surface area contributed by atoms with Gasteiger partial charge < -0.3 is 9.64 Å². The van der Waals surface area contributed by atoms with E-state index in [1.807, 2.05) is 11.2 Å². The van der Waals surface area contributed by atoms with Gasteiger partial charge in [0.2, 0.25) is 5.91 Å². The zero-order chi connectivity index (χ0) is 10.6. The van der Waals surface area contributed by atoms with Gasteiger partial charge in [-0.25, -0.2) is 0 Å². The first-order chi connectivity index (χ1) is 6.69. The number of methoxy groups -OCH3 is 1. The average Bonchev–Trinajstić information content (AvgIpc) is 2.18. The highest BCUT2D eigenvalue weighted by molar-refractivity contribution is 7.96. The molecule has 0 aromatic carbocycles. The molecule has 0 radical (unpaired) electrons. The van der Waals surface area contributed by atoms with Crippen molar-refractivity contribution in [3.8, 4) is 0 Å². The summed E-state index contributed by atoms with van der Waals surface area (Å²) in [7, 11) is 1.70. The van der Waals surface area contributed by atoms with E-state index in [0.29, 0.717) is 12.6 Å². The zero-order valence-electron chi connectivity index (χ0n) is 8.95. The molecule has 14 heavy (non-hydrogen) atoms. The number of carbonyl (C=O) groups excluding carboxylic acids is 1. The van der Waals surface area contributed by atoms with Gasteiger partial charge in [0, 0.05) is 33.2 Å². The van der Waals surface area contributed by atoms with Gasteiger partial charge >= 0.3 is 0 Å². The highest BCUT2D eigenvalue weighted by Gasteiger charge is 2.29. The molecule has 0 aliphatic carbocycles. The van der Waals surface area contributed by atoms with Crippen LogP contribution in [0.4, 0.5) is 0 Å². The number of rotatable bonds is 3. The van der Waals surface area contributed by atoms with Gasteiger partial charge in [-0.1, -0.05) is 11.9 Å². The molecule has 1 saturated heterocycles. The van der Waals surface area contributed by atoms with Gasteiger partial charge in [-0.3, -0.25) is 9.52 Å². The van der Waals surface area contributed by atoms with Crippen LogP contribution in [0.2, 0.25) is 0 Å². The second-order valence-corrected chi connectivity index (χ2v) is 4.10. The van der Waals surface area contributed by atoms with Gasteiger partial charge in [0.1, 0.15) is 0 Å². The van der Waals surface area contributed by atoms with Crippen molar-refractivity contribution in [1.82, 2.24) is 9.62 Å². The maximum absolute atomic E-state index is 11.2. The molecular weight excluding hydrogens is 200 g/mol. The second-order valence-electron chi connectivity index (χ2n) is 3.46. The van der Waals surface area contributed by atoms with Gasteiger partial charge in [-0.05, 0) is 12.7 Å². The molecule has 1 aliphatic rings. The lowest BCUT2D eigenvalue weighted by molar-refractivity contribution is -0.132. The number of hydrogen-bond donors (Lipinski definition) is 1. The smallest absolute Gasteiger partial charge is 0.219 e. The molecule has 0 spiro atoms. The van der Waals surface area contributed by atoms with Crippen LogP contribution in [0.3, 0.4) is 0 Å². The Labute approximate surface area is 89.5 Å². The summed E-state index contributed by atoms with van der Waals surface area (Å²) < 4.78 is 8.67. The first kappa shape index (κ1) is 11.8. The van der Waals surface area contributed by atoms with Crippen LogP contribution >= 0.6 is 11.9 Å². The lowest BCUT2D eigenvalue weighted by Gasteiger charge is -2.37. The van der Waals surface area contributed by atoms with Crippen molar-refractivity contribution < 1.29 is 9.53 Å². The molecule has 1 heterocycles. The lowest BCUT2D eigenvalue weighted by atomic mass is 10.0. The standard InChI is InChI=1S/C9H18N2O2S/c1-7(12)11-5-4-8(10-14-3)9(6-11)13-2/h8-10H,4-6H2,1-3H3. The van der Waals surface area contributed by atoms with Crippen molar-refractivity contribution in [1.29, 1.82) is 0 Å². The Balaban J connectivity index is 2.50. The Kier molecular flexibility index (Phi) is 4.71. The molecule has 1 amide bonds. The predicted molar refractivity (Wildman–Crippen MR) is 58.1 cm³/mol. The first-order valence-electron chi connectivity index (χ1n) is 4.76. The molecule has 0 bridgehead atoms. The third-order valence-corrected chi connectivity index (χ3v) is 3.11. The van der Waals surface area contributed by atoms with Gasteiger partial charge in [-0.2, -0.15) is 0 Å². The van der Waals surface area contributed by atoms with Gasteiger partial charge in [0.25, 0.3) is 0 Å². The minimum atomic E-state index is 0.111. The molecule has 1 N–H and O–H groups in total. The van der Waals surface area contributed by atoms with Gasteiger partial charge in [-0.15, -0.1) is 0 Å². The quantitative estimate of drug-likeness (QED) is 0.700. The fourth-order valence-corrected chi connectivity index (χ4v) is 2.30. The second kappa shape index (κ2) is 5.58. The molecule has 4 nitrogen and oxygen atoms in total. The van der Waals surface area contributed by atoms with E-state index in [9.17, 15) is 4.79 Å². The van der Waals surface area contributed by atoms with Crippen molar-refractivity contribution in [2.24, 2.45) is 0 Å². The summed E-state index contributed by atoms with van der Waals surface area (Å²) in [4.78, 5) is 13.0. The van der Waals surface area contributed by atoms with E-state index in [-0.39, 0.29) is 12.0 Å². The minimum absolute atomic E-state index is 0.111. The van der Waals surface area contributed by atoms with Crippen LogP contribution in [0.5, 0.6) is 0 Å². The number of amides is 1. The van der Waals surface area contributed by atoms with E-state index in [4.69, 9.17) is 4.74 Å². The summed E-state index contributed by atoms with van der Waals surface area (Å²) in [5, 5.41) is 0. The van der Waals surface area contributed by atoms with E-state index < -0.39 is 0 Å². The van der Waals surface area contributed by atoms with Crippen molar-refractivity contribution in [3.05, 3.63) is 0 Å². The average molecular weight is 218 g/mol. The number of nitrogens with one attached hydrogen (secondary N) is 1. The molecule has 0 saturated carbocycles. The summed E-state index contributed by atoms with van der Waals surface area (Å²) >= 11 is 1.60. The molecule has 0 aromatic rings. The molecule has 1 aliphatic heterocycles. The molecule has 2 atom stereocenters. The number of hydrogen-bond acceptors (Lipinski definition) is 4. The van der Waals surface area contributed by atoms with E-state index in [0.717, 1.165) is 13.0 Å². The maximum atomic E-state index is 11.2. The normalized spacial score (nSPS) is 27.8. The SMILES string of the molecule is COC1CN(C(C)=O)CCC1NSC. The minimum Gasteiger partial charge on any atom is -0.378 e. The summed E-state index contributed by atoms with van der Waals surface area (Å²) in [5.41, 5.74) is 0. The zero-order valence-corrected chi connectivity index (χ0v) is 9.76. The summed E-state index contributed by atoms with van der Waals surface area (Å²) in [6.07, 6.45) is 3.07. The summed E-state index contributed by atoms with van der Waals surface area (Å²) in [6.45, 7) is 3.13.